The largest absolute Gasteiger partial charge is 0.380 e. The van der Waals surface area contributed by atoms with Gasteiger partial charge in [0.2, 0.25) is 0 Å². The SMILES string of the molecule is COC1CN2CCCC2(C(C)C)C1. The zero-order valence-electron chi connectivity index (χ0n) is 9.05. The van der Waals surface area contributed by atoms with Gasteiger partial charge in [0, 0.05) is 19.2 Å². The van der Waals surface area contributed by atoms with Gasteiger partial charge >= 0.3 is 0 Å². The van der Waals surface area contributed by atoms with Crippen LogP contribution in [0.5, 0.6) is 0 Å². The van der Waals surface area contributed by atoms with E-state index in [4.69, 9.17) is 4.74 Å². The molecule has 2 heteroatoms. The van der Waals surface area contributed by atoms with Gasteiger partial charge in [-0.25, -0.2) is 0 Å². The predicted molar refractivity (Wildman–Crippen MR) is 53.8 cm³/mol. The number of nitrogens with zero attached hydrogens (tertiary/aromatic N) is 1. The predicted octanol–water partition coefficient (Wildman–Crippen LogP) is 1.90. The van der Waals surface area contributed by atoms with Crippen molar-refractivity contribution in [2.24, 2.45) is 5.92 Å². The number of fused-ring (bicyclic) bond motifs is 1. The molecule has 0 aliphatic carbocycles. The van der Waals surface area contributed by atoms with Crippen molar-refractivity contribution in [2.75, 3.05) is 20.2 Å². The van der Waals surface area contributed by atoms with Gasteiger partial charge in [0.1, 0.15) is 0 Å². The monoisotopic (exact) mass is 183 g/mol. The van der Waals surface area contributed by atoms with E-state index in [1.807, 2.05) is 7.11 Å². The zero-order chi connectivity index (χ0) is 9.47. The van der Waals surface area contributed by atoms with Crippen molar-refractivity contribution in [3.05, 3.63) is 0 Å². The molecule has 2 fully saturated rings. The summed E-state index contributed by atoms with van der Waals surface area (Å²) in [5.41, 5.74) is 0.487. The minimum Gasteiger partial charge on any atom is -0.380 e. The lowest BCUT2D eigenvalue weighted by molar-refractivity contribution is 0.106. The van der Waals surface area contributed by atoms with Crippen LogP contribution in [-0.2, 0) is 4.74 Å². The van der Waals surface area contributed by atoms with Crippen molar-refractivity contribution < 1.29 is 4.74 Å². The Labute approximate surface area is 81.3 Å². The maximum Gasteiger partial charge on any atom is 0.0716 e. The molecule has 2 aliphatic rings. The number of hydrogen-bond donors (Lipinski definition) is 0. The molecule has 0 spiro atoms. The molecule has 2 nitrogen and oxygen atoms in total. The highest BCUT2D eigenvalue weighted by atomic mass is 16.5. The second-order valence-electron chi connectivity index (χ2n) is 4.87. The molecule has 0 amide bonds. The molecule has 2 saturated heterocycles. The average Bonchev–Trinajstić information content (AvgIpc) is 2.58. The third-order valence-corrected chi connectivity index (χ3v) is 4.08. The molecule has 0 aromatic carbocycles. The van der Waals surface area contributed by atoms with Crippen molar-refractivity contribution in [2.45, 2.75) is 44.8 Å². The van der Waals surface area contributed by atoms with Gasteiger partial charge in [0.25, 0.3) is 0 Å². The van der Waals surface area contributed by atoms with Gasteiger partial charge in [-0.15, -0.1) is 0 Å². The summed E-state index contributed by atoms with van der Waals surface area (Å²) in [4.78, 5) is 2.66. The number of methoxy groups -OCH3 is 1. The van der Waals surface area contributed by atoms with Crippen LogP contribution in [0.2, 0.25) is 0 Å². The molecular weight excluding hydrogens is 162 g/mol. The minimum atomic E-state index is 0.487. The molecule has 2 rings (SSSR count). The zero-order valence-corrected chi connectivity index (χ0v) is 9.05. The first kappa shape index (κ1) is 9.47. The van der Waals surface area contributed by atoms with Crippen LogP contribution in [0.3, 0.4) is 0 Å². The number of rotatable bonds is 2. The topological polar surface area (TPSA) is 12.5 Å². The molecule has 13 heavy (non-hydrogen) atoms. The molecule has 2 heterocycles. The fourth-order valence-corrected chi connectivity index (χ4v) is 3.21. The molecule has 0 aromatic rings. The van der Waals surface area contributed by atoms with Crippen LogP contribution in [0.15, 0.2) is 0 Å². The van der Waals surface area contributed by atoms with Crippen LogP contribution in [-0.4, -0.2) is 36.7 Å². The van der Waals surface area contributed by atoms with Crippen molar-refractivity contribution in [3.63, 3.8) is 0 Å². The second-order valence-corrected chi connectivity index (χ2v) is 4.87. The minimum absolute atomic E-state index is 0.487. The summed E-state index contributed by atoms with van der Waals surface area (Å²) < 4.78 is 5.48. The molecule has 0 radical (unpaired) electrons. The third-order valence-electron chi connectivity index (χ3n) is 4.08. The van der Waals surface area contributed by atoms with Gasteiger partial charge in [-0.1, -0.05) is 13.8 Å². The van der Waals surface area contributed by atoms with E-state index < -0.39 is 0 Å². The molecular formula is C11H21NO. The van der Waals surface area contributed by atoms with Crippen LogP contribution in [0.4, 0.5) is 0 Å². The van der Waals surface area contributed by atoms with Crippen LogP contribution in [0, 0.1) is 5.92 Å². The fourth-order valence-electron chi connectivity index (χ4n) is 3.21. The van der Waals surface area contributed by atoms with Crippen molar-refractivity contribution in [3.8, 4) is 0 Å². The Morgan fingerprint density at radius 1 is 1.46 bits per heavy atom. The first-order valence-corrected chi connectivity index (χ1v) is 5.47. The van der Waals surface area contributed by atoms with Gasteiger partial charge in [-0.2, -0.15) is 0 Å². The van der Waals surface area contributed by atoms with E-state index in [1.54, 1.807) is 0 Å². The second kappa shape index (κ2) is 3.25. The Kier molecular flexibility index (Phi) is 2.37. The van der Waals surface area contributed by atoms with E-state index in [0.29, 0.717) is 11.6 Å². The number of ether oxygens (including phenoxy) is 1. The van der Waals surface area contributed by atoms with E-state index in [1.165, 1.54) is 25.8 Å². The van der Waals surface area contributed by atoms with Gasteiger partial charge in [-0.05, 0) is 31.7 Å². The Hall–Kier alpha value is -0.0800. The quantitative estimate of drug-likeness (QED) is 0.648. The first-order valence-electron chi connectivity index (χ1n) is 5.47. The van der Waals surface area contributed by atoms with E-state index in [0.717, 1.165) is 12.5 Å². The van der Waals surface area contributed by atoms with Gasteiger partial charge in [-0.3, -0.25) is 4.90 Å². The van der Waals surface area contributed by atoms with Crippen LogP contribution in [0.25, 0.3) is 0 Å². The molecule has 2 unspecified atom stereocenters. The van der Waals surface area contributed by atoms with Crippen molar-refractivity contribution >= 4 is 0 Å². The Bertz CT molecular complexity index is 193. The van der Waals surface area contributed by atoms with E-state index in [9.17, 15) is 0 Å². The lowest BCUT2D eigenvalue weighted by atomic mass is 9.82. The van der Waals surface area contributed by atoms with Gasteiger partial charge < -0.3 is 4.74 Å². The molecule has 2 atom stereocenters. The van der Waals surface area contributed by atoms with Crippen LogP contribution >= 0.6 is 0 Å². The lowest BCUT2D eigenvalue weighted by Gasteiger charge is -2.35. The standard InChI is InChI=1S/C11H21NO/c1-9(2)11-5-4-6-12(11)8-10(7-11)13-3/h9-10H,4-8H2,1-3H3. The Morgan fingerprint density at radius 3 is 2.77 bits per heavy atom. The van der Waals surface area contributed by atoms with Crippen molar-refractivity contribution in [1.29, 1.82) is 0 Å². The Morgan fingerprint density at radius 2 is 2.23 bits per heavy atom. The molecule has 0 saturated carbocycles. The first-order chi connectivity index (χ1) is 6.19. The maximum absolute atomic E-state index is 5.48. The smallest absolute Gasteiger partial charge is 0.0716 e. The number of hydrogen-bond acceptors (Lipinski definition) is 2. The summed E-state index contributed by atoms with van der Waals surface area (Å²) in [5.74, 6) is 0.773. The third kappa shape index (κ3) is 1.31. The Balaban J connectivity index is 2.15. The van der Waals surface area contributed by atoms with Crippen molar-refractivity contribution in [1.82, 2.24) is 4.90 Å². The molecule has 0 bridgehead atoms. The average molecular weight is 183 g/mol. The van der Waals surface area contributed by atoms with Gasteiger partial charge in [0.15, 0.2) is 0 Å². The van der Waals surface area contributed by atoms with Crippen LogP contribution in [0.1, 0.15) is 33.1 Å². The summed E-state index contributed by atoms with van der Waals surface area (Å²) in [6.07, 6.45) is 4.50. The van der Waals surface area contributed by atoms with E-state index >= 15 is 0 Å². The fraction of sp³-hybridized carbons (Fsp3) is 1.00. The van der Waals surface area contributed by atoms with Gasteiger partial charge in [0.05, 0.1) is 6.10 Å². The summed E-state index contributed by atoms with van der Waals surface area (Å²) in [6.45, 7) is 7.17. The molecule has 0 N–H and O–H groups in total. The maximum atomic E-state index is 5.48. The normalized spacial score (nSPS) is 40.2. The summed E-state index contributed by atoms with van der Waals surface area (Å²) in [7, 11) is 1.85. The summed E-state index contributed by atoms with van der Waals surface area (Å²) in [6, 6.07) is 0. The lowest BCUT2D eigenvalue weighted by Crippen LogP contribution is -2.42. The molecule has 0 aromatic heterocycles. The van der Waals surface area contributed by atoms with E-state index in [-0.39, 0.29) is 0 Å². The molecule has 76 valence electrons. The molecule has 2 aliphatic heterocycles. The van der Waals surface area contributed by atoms with Crippen LogP contribution < -0.4 is 0 Å². The van der Waals surface area contributed by atoms with E-state index in [2.05, 4.69) is 18.7 Å². The highest BCUT2D eigenvalue weighted by Crippen LogP contribution is 2.44. The highest BCUT2D eigenvalue weighted by molar-refractivity contribution is 5.05. The highest BCUT2D eigenvalue weighted by Gasteiger charge is 2.50. The summed E-state index contributed by atoms with van der Waals surface area (Å²) >= 11 is 0. The summed E-state index contributed by atoms with van der Waals surface area (Å²) in [5, 5.41) is 0.